The van der Waals surface area contributed by atoms with Gasteiger partial charge in [0.05, 0.1) is 17.9 Å². The number of nitrogens with zero attached hydrogens (tertiary/aromatic N) is 1. The maximum absolute atomic E-state index is 5.93. The fourth-order valence-corrected chi connectivity index (χ4v) is 2.53. The Bertz CT molecular complexity index is 433. The molecule has 4 nitrogen and oxygen atoms in total. The quantitative estimate of drug-likeness (QED) is 0.685. The highest BCUT2D eigenvalue weighted by Gasteiger charge is 2.34. The highest BCUT2D eigenvalue weighted by molar-refractivity contribution is 5.20. The van der Waals surface area contributed by atoms with Crippen molar-refractivity contribution in [1.29, 1.82) is 0 Å². The minimum absolute atomic E-state index is 0.0691. The van der Waals surface area contributed by atoms with Crippen molar-refractivity contribution < 1.29 is 14.2 Å². The van der Waals surface area contributed by atoms with Crippen molar-refractivity contribution in [3.8, 4) is 5.75 Å². The minimum atomic E-state index is -0.0691. The molecule has 0 aromatic carbocycles. The van der Waals surface area contributed by atoms with Gasteiger partial charge in [-0.1, -0.05) is 0 Å². The van der Waals surface area contributed by atoms with E-state index in [9.17, 15) is 0 Å². The average Bonchev–Trinajstić information content (AvgIpc) is 2.41. The molecule has 0 unspecified atom stereocenters. The Kier molecular flexibility index (Phi) is 6.21. The van der Waals surface area contributed by atoms with E-state index in [0.717, 1.165) is 50.3 Å². The molecule has 1 aromatic rings. The molecule has 0 saturated heterocycles. The van der Waals surface area contributed by atoms with Crippen molar-refractivity contribution in [2.75, 3.05) is 13.2 Å². The Morgan fingerprint density at radius 2 is 1.95 bits per heavy atom. The first kappa shape index (κ1) is 17.2. The number of aryl methyl sites for hydroxylation is 1. The lowest BCUT2D eigenvalue weighted by atomic mass is 9.91. The molecule has 1 fully saturated rings. The predicted molar refractivity (Wildman–Crippen MR) is 87.3 cm³/mol. The zero-order valence-corrected chi connectivity index (χ0v) is 14.3. The Balaban J connectivity index is 1.67. The lowest BCUT2D eigenvalue weighted by Gasteiger charge is -2.39. The number of rotatable bonds is 8. The fourth-order valence-electron chi connectivity index (χ4n) is 2.53. The number of pyridine rings is 1. The van der Waals surface area contributed by atoms with Crippen molar-refractivity contribution in [3.63, 3.8) is 0 Å². The summed E-state index contributed by atoms with van der Waals surface area (Å²) in [5, 5.41) is 0. The first-order chi connectivity index (χ1) is 10.5. The average molecular weight is 307 g/mol. The van der Waals surface area contributed by atoms with E-state index in [1.54, 1.807) is 0 Å². The van der Waals surface area contributed by atoms with Gasteiger partial charge in [0.25, 0.3) is 0 Å². The molecule has 4 heteroatoms. The van der Waals surface area contributed by atoms with Gasteiger partial charge in [-0.15, -0.1) is 0 Å². The van der Waals surface area contributed by atoms with Crippen molar-refractivity contribution >= 4 is 0 Å². The van der Waals surface area contributed by atoms with E-state index in [-0.39, 0.29) is 11.7 Å². The van der Waals surface area contributed by atoms with Gasteiger partial charge in [-0.25, -0.2) is 0 Å². The third-order valence-electron chi connectivity index (χ3n) is 3.60. The summed E-state index contributed by atoms with van der Waals surface area (Å²) in [6, 6.07) is 4.06. The van der Waals surface area contributed by atoms with E-state index < -0.39 is 0 Å². The lowest BCUT2D eigenvalue weighted by Crippen LogP contribution is -2.43. The Morgan fingerprint density at radius 3 is 2.55 bits per heavy atom. The van der Waals surface area contributed by atoms with Crippen LogP contribution in [0.25, 0.3) is 0 Å². The topological polar surface area (TPSA) is 40.6 Å². The molecule has 2 rings (SSSR count). The van der Waals surface area contributed by atoms with E-state index in [1.807, 2.05) is 25.3 Å². The predicted octanol–water partition coefficient (Wildman–Crippen LogP) is 3.78. The number of hydrogen-bond acceptors (Lipinski definition) is 4. The molecule has 1 saturated carbocycles. The van der Waals surface area contributed by atoms with E-state index in [2.05, 4.69) is 25.8 Å². The van der Waals surface area contributed by atoms with Gasteiger partial charge in [0.1, 0.15) is 11.9 Å². The zero-order valence-electron chi connectivity index (χ0n) is 14.3. The summed E-state index contributed by atoms with van der Waals surface area (Å²) in [6.07, 6.45) is 6.31. The Morgan fingerprint density at radius 1 is 1.18 bits per heavy atom. The molecule has 0 atom stereocenters. The van der Waals surface area contributed by atoms with E-state index >= 15 is 0 Å². The van der Waals surface area contributed by atoms with Crippen LogP contribution in [0.1, 0.15) is 52.7 Å². The smallest absolute Gasteiger partial charge is 0.138 e. The molecule has 0 spiro atoms. The molecule has 0 amide bonds. The maximum Gasteiger partial charge on any atom is 0.138 e. The largest absolute Gasteiger partial charge is 0.489 e. The third kappa shape index (κ3) is 5.93. The summed E-state index contributed by atoms with van der Waals surface area (Å²) in [4.78, 5) is 4.45. The van der Waals surface area contributed by atoms with Crippen LogP contribution in [-0.4, -0.2) is 36.0 Å². The first-order valence-corrected chi connectivity index (χ1v) is 8.33. The summed E-state index contributed by atoms with van der Waals surface area (Å²) in [7, 11) is 0. The number of aromatic nitrogens is 1. The normalized spacial score (nSPS) is 21.5. The van der Waals surface area contributed by atoms with E-state index in [1.165, 1.54) is 0 Å². The van der Waals surface area contributed by atoms with Gasteiger partial charge in [0, 0.05) is 31.7 Å². The van der Waals surface area contributed by atoms with Crippen LogP contribution >= 0.6 is 0 Å². The highest BCUT2D eigenvalue weighted by Crippen LogP contribution is 2.30. The summed E-state index contributed by atoms with van der Waals surface area (Å²) < 4.78 is 17.2. The van der Waals surface area contributed by atoms with Crippen molar-refractivity contribution in [2.45, 2.75) is 71.2 Å². The monoisotopic (exact) mass is 307 g/mol. The summed E-state index contributed by atoms with van der Waals surface area (Å²) in [5.41, 5.74) is 1.02. The molecular weight excluding hydrogens is 278 g/mol. The van der Waals surface area contributed by atoms with Crippen LogP contribution < -0.4 is 4.74 Å². The van der Waals surface area contributed by atoms with Gasteiger partial charge in [-0.3, -0.25) is 4.98 Å². The first-order valence-electron chi connectivity index (χ1n) is 8.33. The lowest BCUT2D eigenvalue weighted by molar-refractivity contribution is -0.126. The second-order valence-corrected chi connectivity index (χ2v) is 6.85. The molecule has 0 radical (unpaired) electrons. The Labute approximate surface area is 134 Å². The van der Waals surface area contributed by atoms with Crippen molar-refractivity contribution in [2.24, 2.45) is 0 Å². The van der Waals surface area contributed by atoms with Gasteiger partial charge in [0.2, 0.25) is 0 Å². The summed E-state index contributed by atoms with van der Waals surface area (Å²) in [5.74, 6) is 0.854. The molecule has 0 aliphatic heterocycles. The van der Waals surface area contributed by atoms with Crippen LogP contribution in [0.15, 0.2) is 18.3 Å². The van der Waals surface area contributed by atoms with Crippen LogP contribution in [0.3, 0.4) is 0 Å². The molecule has 0 N–H and O–H groups in total. The molecule has 1 aromatic heterocycles. The third-order valence-corrected chi connectivity index (χ3v) is 3.60. The molecular formula is C18H29NO3. The van der Waals surface area contributed by atoms with E-state index in [0.29, 0.717) is 6.10 Å². The van der Waals surface area contributed by atoms with Crippen molar-refractivity contribution in [3.05, 3.63) is 24.0 Å². The van der Waals surface area contributed by atoms with Crippen molar-refractivity contribution in [1.82, 2.24) is 4.98 Å². The van der Waals surface area contributed by atoms with Gasteiger partial charge in [0.15, 0.2) is 0 Å². The van der Waals surface area contributed by atoms with Gasteiger partial charge < -0.3 is 14.2 Å². The van der Waals surface area contributed by atoms with Crippen LogP contribution in [0.5, 0.6) is 5.75 Å². The molecule has 22 heavy (non-hydrogen) atoms. The number of ether oxygens (including phenoxy) is 3. The second kappa shape index (κ2) is 7.93. The summed E-state index contributed by atoms with van der Waals surface area (Å²) in [6.45, 7) is 9.87. The standard InChI is InChI=1S/C18H29NO3/c1-5-20-10-6-7-14-8-9-15(13-19-14)21-16-11-17(12-16)22-18(2,3)4/h8-9,13,16-17H,5-7,10-12H2,1-4H3. The SMILES string of the molecule is CCOCCCc1ccc(OC2CC(OC(C)(C)C)C2)cn1. The minimum Gasteiger partial charge on any atom is -0.489 e. The second-order valence-electron chi connectivity index (χ2n) is 6.85. The van der Waals surface area contributed by atoms with Crippen LogP contribution in [0, 0.1) is 0 Å². The molecule has 0 bridgehead atoms. The summed E-state index contributed by atoms with van der Waals surface area (Å²) >= 11 is 0. The Hall–Kier alpha value is -1.13. The van der Waals surface area contributed by atoms with Crippen LogP contribution in [-0.2, 0) is 15.9 Å². The number of hydrogen-bond donors (Lipinski definition) is 0. The highest BCUT2D eigenvalue weighted by atomic mass is 16.5. The van der Waals surface area contributed by atoms with Crippen LogP contribution in [0.4, 0.5) is 0 Å². The van der Waals surface area contributed by atoms with Crippen LogP contribution in [0.2, 0.25) is 0 Å². The molecule has 124 valence electrons. The van der Waals surface area contributed by atoms with Gasteiger partial charge in [-0.05, 0) is 52.7 Å². The van der Waals surface area contributed by atoms with E-state index in [4.69, 9.17) is 14.2 Å². The fraction of sp³-hybridized carbons (Fsp3) is 0.722. The molecule has 1 heterocycles. The van der Waals surface area contributed by atoms with Gasteiger partial charge >= 0.3 is 0 Å². The maximum atomic E-state index is 5.93. The molecule has 1 aliphatic rings. The van der Waals surface area contributed by atoms with Gasteiger partial charge in [-0.2, -0.15) is 0 Å². The zero-order chi connectivity index (χ0) is 16.0. The molecule has 1 aliphatic carbocycles.